The van der Waals surface area contributed by atoms with Gasteiger partial charge in [-0.1, -0.05) is 0 Å². The Morgan fingerprint density at radius 3 is 2.67 bits per heavy atom. The number of nitrogens with two attached hydrogens (primary N) is 1. The number of ether oxygens (including phenoxy) is 2. The van der Waals surface area contributed by atoms with Gasteiger partial charge in [-0.25, -0.2) is 4.79 Å². The highest BCUT2D eigenvalue weighted by Crippen LogP contribution is 2.20. The van der Waals surface area contributed by atoms with Crippen molar-refractivity contribution in [1.82, 2.24) is 4.98 Å². The van der Waals surface area contributed by atoms with Crippen LogP contribution in [0.15, 0.2) is 12.1 Å². The summed E-state index contributed by atoms with van der Waals surface area (Å²) in [6, 6.07) is 3.62. The highest BCUT2D eigenvalue weighted by Gasteiger charge is 2.17. The van der Waals surface area contributed by atoms with Crippen LogP contribution in [0.3, 0.4) is 0 Å². The molecule has 1 aromatic heterocycles. The highest BCUT2D eigenvalue weighted by atomic mass is 16.6. The lowest BCUT2D eigenvalue weighted by atomic mass is 10.1. The van der Waals surface area contributed by atoms with E-state index in [0.29, 0.717) is 12.2 Å². The molecule has 1 aromatic rings. The number of aryl methyl sites for hydroxylation is 1. The van der Waals surface area contributed by atoms with E-state index >= 15 is 0 Å². The third-order valence-electron chi connectivity index (χ3n) is 2.42. The number of esters is 1. The Kier molecular flexibility index (Phi) is 5.09. The number of nitrogens with zero attached hydrogens (tertiary/aromatic N) is 1. The van der Waals surface area contributed by atoms with E-state index in [0.717, 1.165) is 11.4 Å². The minimum Gasteiger partial charge on any atom is -0.477 e. The van der Waals surface area contributed by atoms with Crippen LogP contribution in [0.2, 0.25) is 0 Å². The van der Waals surface area contributed by atoms with E-state index < -0.39 is 12.1 Å². The van der Waals surface area contributed by atoms with Crippen molar-refractivity contribution in [1.29, 1.82) is 0 Å². The smallest absolute Gasteiger partial charge is 0.346 e. The predicted molar refractivity (Wildman–Crippen MR) is 68.4 cm³/mol. The summed E-state index contributed by atoms with van der Waals surface area (Å²) in [5.41, 5.74) is 7.43. The fourth-order valence-corrected chi connectivity index (χ4v) is 1.56. The zero-order chi connectivity index (χ0) is 13.7. The number of hydrogen-bond donors (Lipinski definition) is 1. The maximum atomic E-state index is 11.3. The summed E-state index contributed by atoms with van der Waals surface area (Å²) in [4.78, 5) is 15.7. The zero-order valence-corrected chi connectivity index (χ0v) is 11.3. The molecule has 2 atom stereocenters. The topological polar surface area (TPSA) is 74.4 Å². The summed E-state index contributed by atoms with van der Waals surface area (Å²) in [7, 11) is 1.33. The van der Waals surface area contributed by atoms with Crippen molar-refractivity contribution in [2.75, 3.05) is 7.11 Å². The second-order valence-electron chi connectivity index (χ2n) is 4.36. The van der Waals surface area contributed by atoms with Crippen LogP contribution < -0.4 is 10.5 Å². The molecule has 100 valence electrons. The Balaban J connectivity index is 2.90. The first-order valence-electron chi connectivity index (χ1n) is 5.90. The van der Waals surface area contributed by atoms with Crippen LogP contribution in [0.1, 0.15) is 25.2 Å². The number of methoxy groups -OCH3 is 1. The molecular weight excluding hydrogens is 232 g/mol. The van der Waals surface area contributed by atoms with Crippen LogP contribution in [0, 0.1) is 6.92 Å². The second kappa shape index (κ2) is 6.35. The van der Waals surface area contributed by atoms with Gasteiger partial charge in [-0.05, 0) is 32.9 Å². The summed E-state index contributed by atoms with van der Waals surface area (Å²) >= 11 is 0. The van der Waals surface area contributed by atoms with Gasteiger partial charge in [0, 0.05) is 18.2 Å². The van der Waals surface area contributed by atoms with Gasteiger partial charge in [0.15, 0.2) is 6.10 Å². The van der Waals surface area contributed by atoms with E-state index in [1.54, 1.807) is 13.0 Å². The van der Waals surface area contributed by atoms with E-state index in [-0.39, 0.29) is 6.04 Å². The summed E-state index contributed by atoms with van der Waals surface area (Å²) in [6.45, 7) is 5.44. The lowest BCUT2D eigenvalue weighted by Gasteiger charge is -2.16. The molecule has 1 rings (SSSR count). The predicted octanol–water partition coefficient (Wildman–Crippen LogP) is 1.22. The van der Waals surface area contributed by atoms with Gasteiger partial charge >= 0.3 is 5.97 Å². The molecule has 5 nitrogen and oxygen atoms in total. The van der Waals surface area contributed by atoms with Crippen LogP contribution in [0.25, 0.3) is 0 Å². The maximum Gasteiger partial charge on any atom is 0.346 e. The van der Waals surface area contributed by atoms with Gasteiger partial charge < -0.3 is 15.2 Å². The van der Waals surface area contributed by atoms with Gasteiger partial charge in [-0.3, -0.25) is 4.98 Å². The third-order valence-corrected chi connectivity index (χ3v) is 2.42. The van der Waals surface area contributed by atoms with E-state index in [2.05, 4.69) is 9.72 Å². The normalized spacial score (nSPS) is 13.8. The molecule has 0 saturated carbocycles. The summed E-state index contributed by atoms with van der Waals surface area (Å²) < 4.78 is 10.2. The second-order valence-corrected chi connectivity index (χ2v) is 4.36. The van der Waals surface area contributed by atoms with E-state index in [9.17, 15) is 4.79 Å². The number of rotatable bonds is 5. The van der Waals surface area contributed by atoms with E-state index in [4.69, 9.17) is 10.5 Å². The van der Waals surface area contributed by atoms with E-state index in [1.165, 1.54) is 7.11 Å². The number of carbonyl (C=O) groups excluding carboxylic acids is 1. The van der Waals surface area contributed by atoms with Crippen LogP contribution in [0.4, 0.5) is 0 Å². The molecule has 18 heavy (non-hydrogen) atoms. The first kappa shape index (κ1) is 14.4. The largest absolute Gasteiger partial charge is 0.477 e. The molecular formula is C13H20N2O3. The number of carbonyl (C=O) groups is 1. The molecule has 0 fully saturated rings. The van der Waals surface area contributed by atoms with Gasteiger partial charge in [0.25, 0.3) is 0 Å². The fraction of sp³-hybridized carbons (Fsp3) is 0.538. The molecule has 0 saturated heterocycles. The van der Waals surface area contributed by atoms with Gasteiger partial charge in [0.2, 0.25) is 0 Å². The lowest BCUT2D eigenvalue weighted by Crippen LogP contribution is -2.26. The Hall–Kier alpha value is -1.62. The molecule has 1 heterocycles. The van der Waals surface area contributed by atoms with Crippen LogP contribution in [-0.4, -0.2) is 30.2 Å². The molecule has 0 bridgehead atoms. The van der Waals surface area contributed by atoms with Crippen molar-refractivity contribution in [2.24, 2.45) is 5.73 Å². The number of aromatic nitrogens is 1. The Labute approximate surface area is 107 Å². The Morgan fingerprint density at radius 1 is 1.44 bits per heavy atom. The van der Waals surface area contributed by atoms with Gasteiger partial charge in [-0.2, -0.15) is 0 Å². The molecule has 0 spiro atoms. The molecule has 0 radical (unpaired) electrons. The molecule has 2 N–H and O–H groups in total. The average molecular weight is 252 g/mol. The minimum absolute atomic E-state index is 0.0184. The first-order chi connectivity index (χ1) is 8.43. The molecule has 2 unspecified atom stereocenters. The molecule has 0 aliphatic heterocycles. The van der Waals surface area contributed by atoms with Crippen LogP contribution in [-0.2, 0) is 16.0 Å². The van der Waals surface area contributed by atoms with Crippen LogP contribution >= 0.6 is 0 Å². The van der Waals surface area contributed by atoms with Crippen LogP contribution in [0.5, 0.6) is 5.75 Å². The van der Waals surface area contributed by atoms with Crippen molar-refractivity contribution >= 4 is 5.97 Å². The quantitative estimate of drug-likeness (QED) is 0.797. The van der Waals surface area contributed by atoms with Crippen molar-refractivity contribution < 1.29 is 14.3 Å². The molecule has 0 aliphatic rings. The maximum absolute atomic E-state index is 11.3. The Morgan fingerprint density at radius 2 is 2.11 bits per heavy atom. The molecule has 5 heteroatoms. The highest BCUT2D eigenvalue weighted by molar-refractivity contribution is 5.74. The van der Waals surface area contributed by atoms with Gasteiger partial charge in [-0.15, -0.1) is 0 Å². The van der Waals surface area contributed by atoms with Gasteiger partial charge in [0.1, 0.15) is 5.75 Å². The van der Waals surface area contributed by atoms with Crippen molar-refractivity contribution in [3.05, 3.63) is 23.5 Å². The SMILES string of the molecule is COC(=O)C(C)Oc1ccc(C)nc1CC(C)N. The molecule has 0 aromatic carbocycles. The summed E-state index contributed by atoms with van der Waals surface area (Å²) in [6.07, 6.45) is -0.0587. The van der Waals surface area contributed by atoms with Crippen molar-refractivity contribution in [3.63, 3.8) is 0 Å². The molecule has 0 amide bonds. The van der Waals surface area contributed by atoms with Crippen molar-refractivity contribution in [3.8, 4) is 5.75 Å². The average Bonchev–Trinajstić information content (AvgIpc) is 2.30. The summed E-state index contributed by atoms with van der Waals surface area (Å²) in [5, 5.41) is 0. The monoisotopic (exact) mass is 252 g/mol. The standard InChI is InChI=1S/C13H20N2O3/c1-8(14)7-11-12(6-5-9(2)15-11)18-10(3)13(16)17-4/h5-6,8,10H,7,14H2,1-4H3. The molecule has 0 aliphatic carbocycles. The first-order valence-corrected chi connectivity index (χ1v) is 5.90. The lowest BCUT2D eigenvalue weighted by molar-refractivity contribution is -0.147. The Bertz CT molecular complexity index is 419. The summed E-state index contributed by atoms with van der Waals surface area (Å²) in [5.74, 6) is 0.165. The van der Waals surface area contributed by atoms with Gasteiger partial charge in [0.05, 0.1) is 12.8 Å². The third kappa shape index (κ3) is 4.00. The van der Waals surface area contributed by atoms with Crippen molar-refractivity contribution in [2.45, 2.75) is 39.3 Å². The van der Waals surface area contributed by atoms with E-state index in [1.807, 2.05) is 19.9 Å². The fourth-order valence-electron chi connectivity index (χ4n) is 1.56. The number of hydrogen-bond acceptors (Lipinski definition) is 5. The minimum atomic E-state index is -0.661. The number of pyridine rings is 1. The zero-order valence-electron chi connectivity index (χ0n) is 11.3.